The van der Waals surface area contributed by atoms with E-state index in [-0.39, 0.29) is 5.91 Å². The molecule has 0 radical (unpaired) electrons. The van der Waals surface area contributed by atoms with Crippen LogP contribution < -0.4 is 5.32 Å². The number of aryl methyl sites for hydroxylation is 2. The maximum atomic E-state index is 12.4. The van der Waals surface area contributed by atoms with Crippen LogP contribution >= 0.6 is 0 Å². The maximum absolute atomic E-state index is 12.4. The highest BCUT2D eigenvalue weighted by molar-refractivity contribution is 5.92. The predicted molar refractivity (Wildman–Crippen MR) is 97.2 cm³/mol. The second-order valence-electron chi connectivity index (χ2n) is 6.86. The summed E-state index contributed by atoms with van der Waals surface area (Å²) in [6.07, 6.45) is 6.79. The van der Waals surface area contributed by atoms with E-state index in [4.69, 9.17) is 0 Å². The Morgan fingerprint density at radius 2 is 2.32 bits per heavy atom. The Morgan fingerprint density at radius 3 is 3.08 bits per heavy atom. The Hall–Kier alpha value is -2.21. The molecule has 0 spiro atoms. The zero-order valence-electron chi connectivity index (χ0n) is 15.1. The maximum Gasteiger partial charge on any atom is 0.269 e. The first kappa shape index (κ1) is 17.6. The van der Waals surface area contributed by atoms with Gasteiger partial charge >= 0.3 is 0 Å². The topological polar surface area (TPSA) is 63.1 Å². The van der Waals surface area contributed by atoms with Crippen molar-refractivity contribution in [1.29, 1.82) is 0 Å². The van der Waals surface area contributed by atoms with Crippen molar-refractivity contribution in [2.75, 3.05) is 19.6 Å². The minimum absolute atomic E-state index is 0.0249. The Bertz CT molecular complexity index is 697. The van der Waals surface area contributed by atoms with E-state index in [0.29, 0.717) is 11.6 Å². The molecule has 1 amide bonds. The lowest BCUT2D eigenvalue weighted by Crippen LogP contribution is -2.32. The van der Waals surface area contributed by atoms with Crippen LogP contribution in [-0.2, 0) is 20.0 Å². The van der Waals surface area contributed by atoms with Gasteiger partial charge in [-0.15, -0.1) is 0 Å². The first-order chi connectivity index (χ1) is 12.2. The second-order valence-corrected chi connectivity index (χ2v) is 6.86. The van der Waals surface area contributed by atoms with Crippen LogP contribution in [-0.4, -0.2) is 45.2 Å². The molecule has 1 N–H and O–H groups in total. The van der Waals surface area contributed by atoms with Crippen molar-refractivity contribution in [1.82, 2.24) is 25.0 Å². The van der Waals surface area contributed by atoms with Crippen molar-refractivity contribution >= 4 is 5.91 Å². The highest BCUT2D eigenvalue weighted by Gasteiger charge is 2.23. The number of hydrogen-bond acceptors (Lipinski definition) is 4. The summed E-state index contributed by atoms with van der Waals surface area (Å²) in [6, 6.07) is 5.99. The van der Waals surface area contributed by atoms with Gasteiger partial charge in [0, 0.05) is 39.1 Å². The van der Waals surface area contributed by atoms with E-state index >= 15 is 0 Å². The molecular weight excluding hydrogens is 314 g/mol. The lowest BCUT2D eigenvalue weighted by molar-refractivity contribution is 0.0938. The minimum Gasteiger partial charge on any atom is -0.350 e. The number of carbonyl (C=O) groups is 1. The molecule has 0 saturated carbocycles. The number of nitrogens with zero attached hydrogens (tertiary/aromatic N) is 4. The number of pyridine rings is 1. The summed E-state index contributed by atoms with van der Waals surface area (Å²) in [7, 11) is 1.83. The molecule has 2 aromatic heterocycles. The van der Waals surface area contributed by atoms with E-state index in [2.05, 4.69) is 33.3 Å². The molecule has 1 atom stereocenters. The van der Waals surface area contributed by atoms with Crippen molar-refractivity contribution in [3.05, 3.63) is 47.5 Å². The Balaban J connectivity index is 1.47. The van der Waals surface area contributed by atoms with Crippen LogP contribution in [0.4, 0.5) is 0 Å². The summed E-state index contributed by atoms with van der Waals surface area (Å²) < 4.78 is 1.68. The summed E-state index contributed by atoms with van der Waals surface area (Å²) >= 11 is 0. The van der Waals surface area contributed by atoms with Crippen LogP contribution in [0, 0.1) is 5.92 Å². The van der Waals surface area contributed by atoms with Gasteiger partial charge in [-0.3, -0.25) is 19.4 Å². The Kier molecular flexibility index (Phi) is 5.81. The zero-order valence-corrected chi connectivity index (χ0v) is 15.1. The van der Waals surface area contributed by atoms with Gasteiger partial charge in [0.2, 0.25) is 0 Å². The molecule has 6 heteroatoms. The fourth-order valence-corrected chi connectivity index (χ4v) is 3.42. The average Bonchev–Trinajstić information content (AvgIpc) is 3.20. The van der Waals surface area contributed by atoms with Gasteiger partial charge in [-0.1, -0.05) is 19.4 Å². The molecule has 1 aliphatic rings. The van der Waals surface area contributed by atoms with E-state index in [1.807, 2.05) is 25.4 Å². The molecule has 134 valence electrons. The number of hydrogen-bond donors (Lipinski definition) is 1. The van der Waals surface area contributed by atoms with E-state index in [9.17, 15) is 4.79 Å². The third kappa shape index (κ3) is 4.66. The fourth-order valence-electron chi connectivity index (χ4n) is 3.42. The minimum atomic E-state index is -0.0249. The first-order valence-electron chi connectivity index (χ1n) is 9.08. The SMILES string of the molecule is CCCc1cc(C(=O)NC[C@H]2CCN(Cc3cccnc3)C2)n(C)n1. The molecular formula is C19H27N5O. The number of rotatable bonds is 7. The van der Waals surface area contributed by atoms with Gasteiger partial charge < -0.3 is 5.32 Å². The van der Waals surface area contributed by atoms with Gasteiger partial charge in [-0.2, -0.15) is 5.10 Å². The van der Waals surface area contributed by atoms with Gasteiger partial charge in [-0.05, 0) is 43.0 Å². The molecule has 1 aliphatic heterocycles. The van der Waals surface area contributed by atoms with E-state index < -0.39 is 0 Å². The lowest BCUT2D eigenvalue weighted by atomic mass is 10.1. The number of carbonyl (C=O) groups excluding carboxylic acids is 1. The third-order valence-corrected chi connectivity index (χ3v) is 4.72. The summed E-state index contributed by atoms with van der Waals surface area (Å²) in [5.74, 6) is 0.479. The Labute approximate surface area is 149 Å². The number of likely N-dealkylation sites (tertiary alicyclic amines) is 1. The van der Waals surface area contributed by atoms with Crippen molar-refractivity contribution in [3.8, 4) is 0 Å². The molecule has 0 unspecified atom stereocenters. The molecule has 1 saturated heterocycles. The number of nitrogens with one attached hydrogen (secondary N) is 1. The fraction of sp³-hybridized carbons (Fsp3) is 0.526. The largest absolute Gasteiger partial charge is 0.350 e. The molecule has 3 rings (SSSR count). The molecule has 0 aromatic carbocycles. The van der Waals surface area contributed by atoms with Crippen LogP contribution in [0.3, 0.4) is 0 Å². The van der Waals surface area contributed by atoms with E-state index in [1.54, 1.807) is 10.9 Å². The number of aromatic nitrogens is 3. The van der Waals surface area contributed by atoms with Gasteiger partial charge in [0.15, 0.2) is 0 Å². The van der Waals surface area contributed by atoms with Gasteiger partial charge in [0.1, 0.15) is 5.69 Å². The highest BCUT2D eigenvalue weighted by Crippen LogP contribution is 2.18. The lowest BCUT2D eigenvalue weighted by Gasteiger charge is -2.16. The summed E-state index contributed by atoms with van der Waals surface area (Å²) in [5.41, 5.74) is 2.87. The van der Waals surface area contributed by atoms with Crippen LogP contribution in [0.1, 0.15) is 41.5 Å². The van der Waals surface area contributed by atoms with Crippen LogP contribution in [0.5, 0.6) is 0 Å². The average molecular weight is 341 g/mol. The Morgan fingerprint density at radius 1 is 1.44 bits per heavy atom. The zero-order chi connectivity index (χ0) is 17.6. The van der Waals surface area contributed by atoms with Crippen molar-refractivity contribution in [2.45, 2.75) is 32.7 Å². The van der Waals surface area contributed by atoms with Crippen molar-refractivity contribution < 1.29 is 4.79 Å². The molecule has 0 bridgehead atoms. The van der Waals surface area contributed by atoms with E-state index in [1.165, 1.54) is 5.56 Å². The standard InChI is InChI=1S/C19H27N5O/c1-3-5-17-10-18(23(2)22-17)19(25)21-12-16-7-9-24(14-16)13-15-6-4-8-20-11-15/h4,6,8,10-11,16H,3,5,7,9,12-14H2,1-2H3,(H,21,25)/t16-/m1/s1. The molecule has 0 aliphatic carbocycles. The van der Waals surface area contributed by atoms with Crippen molar-refractivity contribution in [2.24, 2.45) is 13.0 Å². The summed E-state index contributed by atoms with van der Waals surface area (Å²) in [4.78, 5) is 19.0. The van der Waals surface area contributed by atoms with Gasteiger partial charge in [0.05, 0.1) is 5.69 Å². The van der Waals surface area contributed by atoms with Gasteiger partial charge in [-0.25, -0.2) is 0 Å². The van der Waals surface area contributed by atoms with Gasteiger partial charge in [0.25, 0.3) is 5.91 Å². The highest BCUT2D eigenvalue weighted by atomic mass is 16.2. The van der Waals surface area contributed by atoms with Crippen molar-refractivity contribution in [3.63, 3.8) is 0 Å². The second kappa shape index (κ2) is 8.25. The first-order valence-corrected chi connectivity index (χ1v) is 9.08. The number of amides is 1. The molecule has 3 heterocycles. The van der Waals surface area contributed by atoms with Crippen LogP contribution in [0.15, 0.2) is 30.6 Å². The molecule has 1 fully saturated rings. The normalized spacial score (nSPS) is 17.8. The smallest absolute Gasteiger partial charge is 0.269 e. The molecule has 2 aromatic rings. The van der Waals surface area contributed by atoms with Crippen LogP contribution in [0.25, 0.3) is 0 Å². The predicted octanol–water partition coefficient (Wildman–Crippen LogP) is 2.02. The quantitative estimate of drug-likeness (QED) is 0.837. The van der Waals surface area contributed by atoms with Crippen LogP contribution in [0.2, 0.25) is 0 Å². The molecule has 25 heavy (non-hydrogen) atoms. The summed E-state index contributed by atoms with van der Waals surface area (Å²) in [6.45, 7) is 5.85. The monoisotopic (exact) mass is 341 g/mol. The third-order valence-electron chi connectivity index (χ3n) is 4.72. The molecule has 6 nitrogen and oxygen atoms in total. The van der Waals surface area contributed by atoms with E-state index in [0.717, 1.165) is 51.1 Å². The summed E-state index contributed by atoms with van der Waals surface area (Å²) in [5, 5.41) is 7.48.